The van der Waals surface area contributed by atoms with Crippen molar-refractivity contribution in [3.8, 4) is 0 Å². The molecule has 0 spiro atoms. The molecule has 1 N–H and O–H groups in total. The van der Waals surface area contributed by atoms with Gasteiger partial charge < -0.3 is 9.84 Å². The van der Waals surface area contributed by atoms with Crippen LogP contribution in [0.5, 0.6) is 0 Å². The zero-order valence-electron chi connectivity index (χ0n) is 9.16. The van der Waals surface area contributed by atoms with Gasteiger partial charge in [-0.25, -0.2) is 0 Å². The Morgan fingerprint density at radius 1 is 1.15 bits per heavy atom. The van der Waals surface area contributed by atoms with Gasteiger partial charge in [-0.3, -0.25) is 0 Å². The number of rotatable bonds is 6. The molecule has 0 bridgehead atoms. The maximum atomic E-state index is 9.00. The molecule has 0 rings (SSSR count). The van der Waals surface area contributed by atoms with Crippen LogP contribution in [0, 0.1) is 5.92 Å². The summed E-state index contributed by atoms with van der Waals surface area (Å²) in [6.45, 7) is 6.09. The van der Waals surface area contributed by atoms with Crippen LogP contribution in [-0.4, -0.2) is 24.4 Å². The minimum absolute atomic E-state index is 0.240. The van der Waals surface area contributed by atoms with E-state index in [-0.39, 0.29) is 6.10 Å². The standard InChI is InChI=1S/C11H22O2/c1-9(2)11(13-4)8-6-5-7-10(3)12/h5-6,9-12H,7-8H2,1-4H3/b6-5-/t10-,11-/m1/s1. The largest absolute Gasteiger partial charge is 0.393 e. The van der Waals surface area contributed by atoms with Gasteiger partial charge in [0.2, 0.25) is 0 Å². The number of hydrogen-bond acceptors (Lipinski definition) is 2. The molecule has 13 heavy (non-hydrogen) atoms. The Balaban J connectivity index is 3.65. The van der Waals surface area contributed by atoms with Crippen molar-refractivity contribution >= 4 is 0 Å². The highest BCUT2D eigenvalue weighted by Crippen LogP contribution is 2.10. The second kappa shape index (κ2) is 7.10. The van der Waals surface area contributed by atoms with Crippen LogP contribution in [0.4, 0.5) is 0 Å². The van der Waals surface area contributed by atoms with Crippen LogP contribution in [0.2, 0.25) is 0 Å². The second-order valence-corrected chi connectivity index (χ2v) is 3.81. The van der Waals surface area contributed by atoms with Gasteiger partial charge in [0.25, 0.3) is 0 Å². The first-order chi connectivity index (χ1) is 6.07. The van der Waals surface area contributed by atoms with E-state index in [0.29, 0.717) is 12.0 Å². The number of ether oxygens (including phenoxy) is 1. The Morgan fingerprint density at radius 3 is 2.08 bits per heavy atom. The summed E-state index contributed by atoms with van der Waals surface area (Å²) in [6.07, 6.45) is 5.82. The van der Waals surface area contributed by atoms with Crippen LogP contribution in [0.15, 0.2) is 12.2 Å². The molecule has 0 aromatic rings. The number of aliphatic hydroxyl groups excluding tert-OH is 1. The van der Waals surface area contributed by atoms with Crippen LogP contribution >= 0.6 is 0 Å². The molecule has 0 aliphatic carbocycles. The van der Waals surface area contributed by atoms with E-state index in [2.05, 4.69) is 19.9 Å². The third kappa shape index (κ3) is 6.79. The van der Waals surface area contributed by atoms with Gasteiger partial charge in [-0.1, -0.05) is 26.0 Å². The summed E-state index contributed by atoms with van der Waals surface area (Å²) in [5, 5.41) is 9.00. The molecule has 78 valence electrons. The van der Waals surface area contributed by atoms with E-state index < -0.39 is 0 Å². The van der Waals surface area contributed by atoms with Gasteiger partial charge in [-0.05, 0) is 25.7 Å². The quantitative estimate of drug-likeness (QED) is 0.645. The molecule has 2 nitrogen and oxygen atoms in total. The average Bonchev–Trinajstić information content (AvgIpc) is 2.03. The van der Waals surface area contributed by atoms with Crippen LogP contribution in [0.3, 0.4) is 0 Å². The molecule has 2 heteroatoms. The molecule has 0 heterocycles. The van der Waals surface area contributed by atoms with E-state index in [1.807, 2.05) is 6.08 Å². The number of hydrogen-bond donors (Lipinski definition) is 1. The Hall–Kier alpha value is -0.340. The average molecular weight is 186 g/mol. The molecule has 0 aliphatic rings. The topological polar surface area (TPSA) is 29.5 Å². The predicted molar refractivity (Wildman–Crippen MR) is 55.7 cm³/mol. The molecule has 0 radical (unpaired) electrons. The van der Waals surface area contributed by atoms with E-state index in [0.717, 1.165) is 12.8 Å². The monoisotopic (exact) mass is 186 g/mol. The van der Waals surface area contributed by atoms with Crippen molar-refractivity contribution in [1.82, 2.24) is 0 Å². The highest BCUT2D eigenvalue weighted by molar-refractivity contribution is 4.86. The van der Waals surface area contributed by atoms with Crippen molar-refractivity contribution in [1.29, 1.82) is 0 Å². The van der Waals surface area contributed by atoms with Crippen molar-refractivity contribution in [2.45, 2.75) is 45.8 Å². The maximum absolute atomic E-state index is 9.00. The molecule has 0 fully saturated rings. The summed E-state index contributed by atoms with van der Waals surface area (Å²) >= 11 is 0. The van der Waals surface area contributed by atoms with Crippen LogP contribution in [-0.2, 0) is 4.74 Å². The van der Waals surface area contributed by atoms with Crippen molar-refractivity contribution in [3.05, 3.63) is 12.2 Å². The lowest BCUT2D eigenvalue weighted by Gasteiger charge is -2.16. The zero-order valence-corrected chi connectivity index (χ0v) is 9.16. The molecule has 0 aromatic heterocycles. The fourth-order valence-electron chi connectivity index (χ4n) is 1.16. The molecule has 0 amide bonds. The van der Waals surface area contributed by atoms with E-state index in [4.69, 9.17) is 9.84 Å². The molecule has 0 aliphatic heterocycles. The first kappa shape index (κ1) is 12.7. The lowest BCUT2D eigenvalue weighted by molar-refractivity contribution is 0.0674. The lowest BCUT2D eigenvalue weighted by atomic mass is 10.0. The Bertz CT molecular complexity index is 139. The van der Waals surface area contributed by atoms with E-state index in [1.54, 1.807) is 14.0 Å². The summed E-state index contributed by atoms with van der Waals surface area (Å²) in [5.74, 6) is 0.543. The Morgan fingerprint density at radius 2 is 1.69 bits per heavy atom. The van der Waals surface area contributed by atoms with E-state index in [1.165, 1.54) is 0 Å². The van der Waals surface area contributed by atoms with Crippen LogP contribution in [0.1, 0.15) is 33.6 Å². The maximum Gasteiger partial charge on any atom is 0.0628 e. The third-order valence-corrected chi connectivity index (χ3v) is 2.06. The highest BCUT2D eigenvalue weighted by atomic mass is 16.5. The molecule has 0 unspecified atom stereocenters. The summed E-state index contributed by atoms with van der Waals surface area (Å²) in [6, 6.07) is 0. The molecular formula is C11H22O2. The van der Waals surface area contributed by atoms with Gasteiger partial charge in [-0.15, -0.1) is 0 Å². The summed E-state index contributed by atoms with van der Waals surface area (Å²) in [5.41, 5.74) is 0. The Kier molecular flexibility index (Phi) is 6.92. The van der Waals surface area contributed by atoms with E-state index in [9.17, 15) is 0 Å². The SMILES string of the molecule is CO[C@H](C/C=C\C[C@@H](C)O)C(C)C. The Labute approximate surface area is 81.6 Å². The summed E-state index contributed by atoms with van der Waals surface area (Å²) < 4.78 is 5.31. The van der Waals surface area contributed by atoms with E-state index >= 15 is 0 Å². The van der Waals surface area contributed by atoms with Gasteiger partial charge >= 0.3 is 0 Å². The van der Waals surface area contributed by atoms with Gasteiger partial charge in [0, 0.05) is 7.11 Å². The highest BCUT2D eigenvalue weighted by Gasteiger charge is 2.09. The van der Waals surface area contributed by atoms with Crippen molar-refractivity contribution in [2.75, 3.05) is 7.11 Å². The second-order valence-electron chi connectivity index (χ2n) is 3.81. The number of methoxy groups -OCH3 is 1. The zero-order chi connectivity index (χ0) is 10.3. The van der Waals surface area contributed by atoms with Crippen LogP contribution in [0.25, 0.3) is 0 Å². The minimum atomic E-state index is -0.240. The fraction of sp³-hybridized carbons (Fsp3) is 0.818. The first-order valence-corrected chi connectivity index (χ1v) is 4.93. The van der Waals surface area contributed by atoms with Gasteiger partial charge in [0.15, 0.2) is 0 Å². The third-order valence-electron chi connectivity index (χ3n) is 2.06. The first-order valence-electron chi connectivity index (χ1n) is 4.93. The van der Waals surface area contributed by atoms with Crippen molar-refractivity contribution < 1.29 is 9.84 Å². The molecule has 0 aromatic carbocycles. The minimum Gasteiger partial charge on any atom is -0.393 e. The number of aliphatic hydroxyl groups is 1. The molecule has 0 saturated heterocycles. The predicted octanol–water partition coefficient (Wildman–Crippen LogP) is 2.37. The fourth-order valence-corrected chi connectivity index (χ4v) is 1.16. The molecule has 0 saturated carbocycles. The molecular weight excluding hydrogens is 164 g/mol. The summed E-state index contributed by atoms with van der Waals surface area (Å²) in [4.78, 5) is 0. The lowest BCUT2D eigenvalue weighted by Crippen LogP contribution is -2.16. The molecule has 2 atom stereocenters. The van der Waals surface area contributed by atoms with Gasteiger partial charge in [-0.2, -0.15) is 0 Å². The van der Waals surface area contributed by atoms with Crippen LogP contribution < -0.4 is 0 Å². The summed E-state index contributed by atoms with van der Waals surface area (Å²) in [7, 11) is 1.74. The smallest absolute Gasteiger partial charge is 0.0628 e. The van der Waals surface area contributed by atoms with Gasteiger partial charge in [0.05, 0.1) is 12.2 Å². The van der Waals surface area contributed by atoms with Gasteiger partial charge in [0.1, 0.15) is 0 Å². The normalized spacial score (nSPS) is 16.8. The van der Waals surface area contributed by atoms with Crippen molar-refractivity contribution in [3.63, 3.8) is 0 Å². The van der Waals surface area contributed by atoms with Crippen molar-refractivity contribution in [2.24, 2.45) is 5.92 Å².